The second-order valence-electron chi connectivity index (χ2n) is 3.33. The Morgan fingerprint density at radius 1 is 1.12 bits per heavy atom. The molecule has 0 radical (unpaired) electrons. The smallest absolute Gasteiger partial charge is 0.0721 e. The number of aliphatic hydroxyl groups is 1. The molecular weight excluding hydrogens is 245 g/mol. The Bertz CT molecular complexity index is 514. The predicted octanol–water partition coefficient (Wildman–Crippen LogP) is 3.55. The van der Waals surface area contributed by atoms with Crippen LogP contribution in [0.1, 0.15) is 5.56 Å². The first-order valence-corrected chi connectivity index (χ1v) is 5.47. The lowest BCUT2D eigenvalue weighted by Gasteiger charge is -2.05. The zero-order valence-corrected chi connectivity index (χ0v) is 9.83. The van der Waals surface area contributed by atoms with E-state index in [-0.39, 0.29) is 6.61 Å². The number of benzene rings is 1. The van der Waals surface area contributed by atoms with Gasteiger partial charge in [0, 0.05) is 16.8 Å². The topological polar surface area (TPSA) is 33.1 Å². The fourth-order valence-corrected chi connectivity index (χ4v) is 1.80. The molecule has 2 rings (SSSR count). The summed E-state index contributed by atoms with van der Waals surface area (Å²) >= 11 is 12.0. The minimum atomic E-state index is -0.0201. The average molecular weight is 254 g/mol. The van der Waals surface area contributed by atoms with Crippen molar-refractivity contribution in [1.82, 2.24) is 4.98 Å². The molecule has 82 valence electrons. The van der Waals surface area contributed by atoms with E-state index in [9.17, 15) is 0 Å². The van der Waals surface area contributed by atoms with E-state index < -0.39 is 0 Å². The van der Waals surface area contributed by atoms with Crippen LogP contribution in [0.15, 0.2) is 36.5 Å². The summed E-state index contributed by atoms with van der Waals surface area (Å²) in [6.07, 6.45) is 1.64. The Morgan fingerprint density at radius 3 is 2.69 bits per heavy atom. The third-order valence-electron chi connectivity index (χ3n) is 2.21. The molecule has 0 unspecified atom stereocenters. The van der Waals surface area contributed by atoms with E-state index in [0.29, 0.717) is 15.7 Å². The van der Waals surface area contributed by atoms with E-state index >= 15 is 0 Å². The Morgan fingerprint density at radius 2 is 1.94 bits per heavy atom. The molecule has 2 nitrogen and oxygen atoms in total. The fraction of sp³-hybridized carbons (Fsp3) is 0.0833. The third-order valence-corrected chi connectivity index (χ3v) is 2.78. The van der Waals surface area contributed by atoms with Gasteiger partial charge in [-0.25, -0.2) is 0 Å². The number of aromatic nitrogens is 1. The van der Waals surface area contributed by atoms with Gasteiger partial charge in [-0.1, -0.05) is 23.2 Å². The minimum Gasteiger partial charge on any atom is -0.392 e. The number of rotatable bonds is 2. The highest BCUT2D eigenvalue weighted by molar-refractivity contribution is 6.35. The second-order valence-corrected chi connectivity index (χ2v) is 4.18. The first kappa shape index (κ1) is 11.4. The maximum Gasteiger partial charge on any atom is 0.0721 e. The third kappa shape index (κ3) is 2.35. The normalized spacial score (nSPS) is 10.4. The highest BCUT2D eigenvalue weighted by Crippen LogP contribution is 2.29. The van der Waals surface area contributed by atoms with E-state index in [1.54, 1.807) is 36.5 Å². The van der Waals surface area contributed by atoms with Crippen molar-refractivity contribution in [3.8, 4) is 11.3 Å². The van der Waals surface area contributed by atoms with Crippen LogP contribution in [0.4, 0.5) is 0 Å². The van der Waals surface area contributed by atoms with Crippen LogP contribution in [-0.2, 0) is 6.61 Å². The molecule has 2 aromatic rings. The lowest BCUT2D eigenvalue weighted by atomic mass is 10.1. The van der Waals surface area contributed by atoms with Crippen molar-refractivity contribution in [1.29, 1.82) is 0 Å². The molecule has 0 saturated carbocycles. The van der Waals surface area contributed by atoms with Crippen LogP contribution in [0.25, 0.3) is 11.3 Å². The largest absolute Gasteiger partial charge is 0.392 e. The van der Waals surface area contributed by atoms with E-state index in [1.165, 1.54) is 0 Å². The summed E-state index contributed by atoms with van der Waals surface area (Å²) in [4.78, 5) is 4.21. The molecule has 1 aromatic heterocycles. The van der Waals surface area contributed by atoms with Crippen LogP contribution in [-0.4, -0.2) is 10.1 Å². The van der Waals surface area contributed by atoms with Crippen molar-refractivity contribution in [3.05, 3.63) is 52.1 Å². The molecule has 1 N–H and O–H groups in total. The Hall–Kier alpha value is -1.09. The molecule has 1 heterocycles. The summed E-state index contributed by atoms with van der Waals surface area (Å²) in [5.74, 6) is 0. The zero-order chi connectivity index (χ0) is 11.5. The highest BCUT2D eigenvalue weighted by Gasteiger charge is 2.06. The monoisotopic (exact) mass is 253 g/mol. The van der Waals surface area contributed by atoms with E-state index in [1.807, 2.05) is 0 Å². The fourth-order valence-electron chi connectivity index (χ4n) is 1.41. The summed E-state index contributed by atoms with van der Waals surface area (Å²) in [5.41, 5.74) is 2.27. The first-order valence-electron chi connectivity index (χ1n) is 4.72. The van der Waals surface area contributed by atoms with Gasteiger partial charge in [0.1, 0.15) is 0 Å². The van der Waals surface area contributed by atoms with Crippen molar-refractivity contribution in [2.45, 2.75) is 6.61 Å². The van der Waals surface area contributed by atoms with Gasteiger partial charge in [0.15, 0.2) is 0 Å². The van der Waals surface area contributed by atoms with E-state index in [0.717, 1.165) is 11.1 Å². The van der Waals surface area contributed by atoms with Gasteiger partial charge in [-0.2, -0.15) is 0 Å². The number of aliphatic hydroxyl groups excluding tert-OH is 1. The van der Waals surface area contributed by atoms with Crippen molar-refractivity contribution >= 4 is 23.2 Å². The molecule has 4 heteroatoms. The van der Waals surface area contributed by atoms with Crippen molar-refractivity contribution < 1.29 is 5.11 Å². The van der Waals surface area contributed by atoms with Crippen LogP contribution < -0.4 is 0 Å². The quantitative estimate of drug-likeness (QED) is 0.888. The molecule has 0 aliphatic heterocycles. The predicted molar refractivity (Wildman–Crippen MR) is 65.6 cm³/mol. The summed E-state index contributed by atoms with van der Waals surface area (Å²) in [6, 6.07) is 8.75. The van der Waals surface area contributed by atoms with Crippen LogP contribution in [0.5, 0.6) is 0 Å². The lowest BCUT2D eigenvalue weighted by Crippen LogP contribution is -1.89. The van der Waals surface area contributed by atoms with Crippen LogP contribution >= 0.6 is 23.2 Å². The van der Waals surface area contributed by atoms with Gasteiger partial charge in [0.25, 0.3) is 0 Å². The molecule has 0 amide bonds. The molecule has 0 fully saturated rings. The number of halogens is 2. The Kier molecular flexibility index (Phi) is 3.44. The van der Waals surface area contributed by atoms with Crippen LogP contribution in [0, 0.1) is 0 Å². The van der Waals surface area contributed by atoms with Gasteiger partial charge in [0.2, 0.25) is 0 Å². The number of pyridine rings is 1. The number of nitrogens with zero attached hydrogens (tertiary/aromatic N) is 1. The van der Waals surface area contributed by atoms with Gasteiger partial charge < -0.3 is 5.11 Å². The maximum absolute atomic E-state index is 9.05. The molecule has 0 atom stereocenters. The average Bonchev–Trinajstić information content (AvgIpc) is 2.32. The Labute approximate surface area is 103 Å². The number of hydrogen-bond donors (Lipinski definition) is 1. The lowest BCUT2D eigenvalue weighted by molar-refractivity contribution is 0.282. The SMILES string of the molecule is OCc1ccnc(-c2cc(Cl)ccc2Cl)c1. The van der Waals surface area contributed by atoms with Gasteiger partial charge in [0.05, 0.1) is 17.3 Å². The van der Waals surface area contributed by atoms with Crippen LogP contribution in [0.2, 0.25) is 10.0 Å². The first-order chi connectivity index (χ1) is 7.70. The molecule has 0 spiro atoms. The van der Waals surface area contributed by atoms with Crippen molar-refractivity contribution in [2.24, 2.45) is 0 Å². The molecule has 0 saturated heterocycles. The summed E-state index contributed by atoms with van der Waals surface area (Å²) in [5, 5.41) is 10.2. The summed E-state index contributed by atoms with van der Waals surface area (Å²) < 4.78 is 0. The standard InChI is InChI=1S/C12H9Cl2NO/c13-9-1-2-11(14)10(6-9)12-5-8(7-16)3-4-15-12/h1-6,16H,7H2. The van der Waals surface area contributed by atoms with Gasteiger partial charge in [-0.15, -0.1) is 0 Å². The second kappa shape index (κ2) is 4.83. The van der Waals surface area contributed by atoms with Gasteiger partial charge in [-0.05, 0) is 35.9 Å². The van der Waals surface area contributed by atoms with Gasteiger partial charge >= 0.3 is 0 Å². The molecule has 16 heavy (non-hydrogen) atoms. The Balaban J connectivity index is 2.53. The molecule has 0 aliphatic rings. The summed E-state index contributed by atoms with van der Waals surface area (Å²) in [6.45, 7) is -0.0201. The maximum atomic E-state index is 9.05. The molecule has 0 aliphatic carbocycles. The van der Waals surface area contributed by atoms with Gasteiger partial charge in [-0.3, -0.25) is 4.98 Å². The van der Waals surface area contributed by atoms with Crippen molar-refractivity contribution in [3.63, 3.8) is 0 Å². The molecule has 0 bridgehead atoms. The van der Waals surface area contributed by atoms with Crippen LogP contribution in [0.3, 0.4) is 0 Å². The van der Waals surface area contributed by atoms with Crippen molar-refractivity contribution in [2.75, 3.05) is 0 Å². The van der Waals surface area contributed by atoms with E-state index in [4.69, 9.17) is 28.3 Å². The zero-order valence-electron chi connectivity index (χ0n) is 8.32. The summed E-state index contributed by atoms with van der Waals surface area (Å²) in [7, 11) is 0. The van der Waals surface area contributed by atoms with E-state index in [2.05, 4.69) is 4.98 Å². The minimum absolute atomic E-state index is 0.0201. The molecule has 1 aromatic carbocycles. The number of hydrogen-bond acceptors (Lipinski definition) is 2. The highest BCUT2D eigenvalue weighted by atomic mass is 35.5. The molecular formula is C12H9Cl2NO.